The molecule has 1 aromatic carbocycles. The van der Waals surface area contributed by atoms with E-state index >= 15 is 0 Å². The summed E-state index contributed by atoms with van der Waals surface area (Å²) in [5, 5.41) is 7.03. The minimum atomic E-state index is -3.53. The van der Waals surface area contributed by atoms with Crippen molar-refractivity contribution in [1.82, 2.24) is 20.1 Å². The normalized spacial score (nSPS) is 18.9. The van der Waals surface area contributed by atoms with Crippen LogP contribution >= 0.6 is 0 Å². The van der Waals surface area contributed by atoms with E-state index < -0.39 is 15.7 Å². The van der Waals surface area contributed by atoms with E-state index in [2.05, 4.69) is 44.2 Å². The number of hydrogen-bond acceptors (Lipinski definition) is 10. The number of rotatable bonds is 9. The Morgan fingerprint density at radius 1 is 1.24 bits per heavy atom. The summed E-state index contributed by atoms with van der Waals surface area (Å²) < 4.78 is 49.5. The summed E-state index contributed by atoms with van der Waals surface area (Å²) in [5.74, 6) is 2.09. The third kappa shape index (κ3) is 5.68. The molecule has 0 spiro atoms. The van der Waals surface area contributed by atoms with Crippen LogP contribution in [-0.4, -0.2) is 54.0 Å². The third-order valence-corrected chi connectivity index (χ3v) is 7.77. The average Bonchev–Trinajstić information content (AvgIpc) is 3.47. The van der Waals surface area contributed by atoms with Gasteiger partial charge in [0.1, 0.15) is 12.1 Å². The SMILES string of the molecule is COc1c(Nc2ccc(S(C)(=O)=O)cc2F)ncnc1N1C(C)CCC1CC(C)c1nc(C(C)C)no1. The monoisotopic (exact) mass is 532 g/mol. The predicted molar refractivity (Wildman–Crippen MR) is 138 cm³/mol. The van der Waals surface area contributed by atoms with E-state index in [1.807, 2.05) is 13.8 Å². The second kappa shape index (κ2) is 10.6. The lowest BCUT2D eigenvalue weighted by Crippen LogP contribution is -2.36. The highest BCUT2D eigenvalue weighted by Crippen LogP contribution is 2.41. The second-order valence-corrected chi connectivity index (χ2v) is 11.9. The first kappa shape index (κ1) is 26.8. The van der Waals surface area contributed by atoms with Crippen LogP contribution in [0.25, 0.3) is 0 Å². The van der Waals surface area contributed by atoms with Crippen LogP contribution in [-0.2, 0) is 9.84 Å². The quantitative estimate of drug-likeness (QED) is 0.410. The fraction of sp³-hybridized carbons (Fsp3) is 0.520. The minimum absolute atomic E-state index is 0.0469. The van der Waals surface area contributed by atoms with Crippen LogP contribution in [0.1, 0.15) is 70.5 Å². The van der Waals surface area contributed by atoms with Crippen LogP contribution < -0.4 is 15.0 Å². The predicted octanol–water partition coefficient (Wildman–Crippen LogP) is 4.83. The number of benzene rings is 1. The highest BCUT2D eigenvalue weighted by Gasteiger charge is 2.36. The molecule has 1 fully saturated rings. The van der Waals surface area contributed by atoms with Crippen LogP contribution in [0.3, 0.4) is 0 Å². The maximum atomic E-state index is 14.7. The second-order valence-electron chi connectivity index (χ2n) is 9.89. The molecular formula is C25H33FN6O4S. The van der Waals surface area contributed by atoms with E-state index in [4.69, 9.17) is 9.26 Å². The van der Waals surface area contributed by atoms with E-state index in [1.54, 1.807) is 0 Å². The molecule has 4 rings (SSSR count). The summed E-state index contributed by atoms with van der Waals surface area (Å²) in [6.07, 6.45) is 5.14. The lowest BCUT2D eigenvalue weighted by atomic mass is 9.99. The zero-order chi connectivity index (χ0) is 26.9. The first-order valence-electron chi connectivity index (χ1n) is 12.3. The van der Waals surface area contributed by atoms with Crippen LogP contribution in [0.5, 0.6) is 5.75 Å². The van der Waals surface area contributed by atoms with Crippen molar-refractivity contribution in [3.63, 3.8) is 0 Å². The molecule has 0 bridgehead atoms. The van der Waals surface area contributed by atoms with Crippen molar-refractivity contribution < 1.29 is 22.1 Å². The maximum absolute atomic E-state index is 14.7. The van der Waals surface area contributed by atoms with Crippen molar-refractivity contribution in [1.29, 1.82) is 0 Å². The Bertz CT molecular complexity index is 1360. The van der Waals surface area contributed by atoms with Crippen LogP contribution in [0.2, 0.25) is 0 Å². The Labute approximate surface area is 216 Å². The summed E-state index contributed by atoms with van der Waals surface area (Å²) in [4.78, 5) is 15.5. The van der Waals surface area contributed by atoms with Gasteiger partial charge in [0.05, 0.1) is 17.7 Å². The Hall–Kier alpha value is -3.28. The smallest absolute Gasteiger partial charge is 0.229 e. The number of anilines is 3. The Kier molecular flexibility index (Phi) is 7.67. The van der Waals surface area contributed by atoms with Crippen molar-refractivity contribution in [3.05, 3.63) is 42.1 Å². The van der Waals surface area contributed by atoms with Crippen LogP contribution in [0.4, 0.5) is 21.7 Å². The molecular weight excluding hydrogens is 499 g/mol. The van der Waals surface area contributed by atoms with E-state index in [1.165, 1.54) is 25.6 Å². The Morgan fingerprint density at radius 3 is 2.62 bits per heavy atom. The van der Waals surface area contributed by atoms with Crippen LogP contribution in [0, 0.1) is 5.82 Å². The van der Waals surface area contributed by atoms with E-state index in [0.29, 0.717) is 23.3 Å². The van der Waals surface area contributed by atoms with Gasteiger partial charge in [-0.2, -0.15) is 4.98 Å². The molecule has 10 nitrogen and oxygen atoms in total. The third-order valence-electron chi connectivity index (χ3n) is 6.66. The zero-order valence-corrected chi connectivity index (χ0v) is 22.7. The van der Waals surface area contributed by atoms with Crippen molar-refractivity contribution in [2.75, 3.05) is 23.6 Å². The number of hydrogen-bond donors (Lipinski definition) is 1. The van der Waals surface area contributed by atoms with Gasteiger partial charge in [0.15, 0.2) is 27.3 Å². The largest absolute Gasteiger partial charge is 0.490 e. The maximum Gasteiger partial charge on any atom is 0.229 e. The van der Waals surface area contributed by atoms with E-state index in [9.17, 15) is 12.8 Å². The molecule has 1 saturated heterocycles. The lowest BCUT2D eigenvalue weighted by Gasteiger charge is -2.32. The lowest BCUT2D eigenvalue weighted by molar-refractivity contribution is 0.340. The summed E-state index contributed by atoms with van der Waals surface area (Å²) in [7, 11) is -2.02. The standard InChI is InChI=1S/C25H33FN6O4S/c1-14(2)22-30-25(36-31-22)15(3)11-17-8-7-16(4)32(17)24-21(35-5)23(27-13-28-24)29-20-10-9-18(12-19(20)26)37(6,33)34/h9-10,12-17H,7-8,11H2,1-6H3,(H,27,28,29). The number of sulfone groups is 1. The molecule has 2 aromatic heterocycles. The highest BCUT2D eigenvalue weighted by molar-refractivity contribution is 7.90. The minimum Gasteiger partial charge on any atom is -0.490 e. The van der Waals surface area contributed by atoms with E-state index in [0.717, 1.165) is 31.6 Å². The zero-order valence-electron chi connectivity index (χ0n) is 21.9. The fourth-order valence-electron chi connectivity index (χ4n) is 4.66. The Balaban J connectivity index is 1.60. The van der Waals surface area contributed by atoms with Gasteiger partial charge < -0.3 is 19.5 Å². The molecule has 1 aliphatic rings. The highest BCUT2D eigenvalue weighted by atomic mass is 32.2. The van der Waals surface area contributed by atoms with Gasteiger partial charge in [-0.25, -0.2) is 22.8 Å². The molecule has 0 saturated carbocycles. The number of halogens is 1. The number of ether oxygens (including phenoxy) is 1. The molecule has 37 heavy (non-hydrogen) atoms. The summed E-state index contributed by atoms with van der Waals surface area (Å²) in [6.45, 7) is 8.26. The summed E-state index contributed by atoms with van der Waals surface area (Å²) >= 11 is 0. The molecule has 200 valence electrons. The average molecular weight is 533 g/mol. The Morgan fingerprint density at radius 2 is 2.00 bits per heavy atom. The van der Waals surface area contributed by atoms with Gasteiger partial charge in [-0.15, -0.1) is 0 Å². The molecule has 3 atom stereocenters. The molecule has 3 aromatic rings. The van der Waals surface area contributed by atoms with Crippen molar-refractivity contribution >= 4 is 27.2 Å². The first-order chi connectivity index (χ1) is 17.5. The molecule has 1 aliphatic heterocycles. The fourth-order valence-corrected chi connectivity index (χ4v) is 5.29. The molecule has 1 N–H and O–H groups in total. The number of nitrogens with one attached hydrogen (secondary N) is 1. The van der Waals surface area contributed by atoms with Gasteiger partial charge in [0, 0.05) is 30.2 Å². The number of nitrogens with zero attached hydrogens (tertiary/aromatic N) is 5. The summed E-state index contributed by atoms with van der Waals surface area (Å²) in [6, 6.07) is 4.02. The number of aromatic nitrogens is 4. The van der Waals surface area contributed by atoms with Gasteiger partial charge in [0.25, 0.3) is 0 Å². The van der Waals surface area contributed by atoms with Crippen molar-refractivity contribution in [3.8, 4) is 5.75 Å². The molecule has 0 aliphatic carbocycles. The molecule has 3 heterocycles. The number of methoxy groups -OCH3 is 1. The van der Waals surface area contributed by atoms with Gasteiger partial charge >= 0.3 is 0 Å². The first-order valence-corrected chi connectivity index (χ1v) is 14.2. The van der Waals surface area contributed by atoms with Gasteiger partial charge in [-0.05, 0) is 44.4 Å². The molecule has 3 unspecified atom stereocenters. The van der Waals surface area contributed by atoms with E-state index in [-0.39, 0.29) is 40.3 Å². The van der Waals surface area contributed by atoms with Gasteiger partial charge in [0.2, 0.25) is 11.6 Å². The molecule has 0 radical (unpaired) electrons. The van der Waals surface area contributed by atoms with Gasteiger partial charge in [-0.3, -0.25) is 0 Å². The topological polar surface area (TPSA) is 123 Å². The van der Waals surface area contributed by atoms with Crippen LogP contribution in [0.15, 0.2) is 33.9 Å². The summed E-state index contributed by atoms with van der Waals surface area (Å²) in [5.41, 5.74) is 0.0762. The van der Waals surface area contributed by atoms with Gasteiger partial charge in [-0.1, -0.05) is 25.9 Å². The van der Waals surface area contributed by atoms with Crippen molar-refractivity contribution in [2.45, 2.75) is 75.8 Å². The molecule has 12 heteroatoms. The van der Waals surface area contributed by atoms with Crippen molar-refractivity contribution in [2.24, 2.45) is 0 Å². The molecule has 0 amide bonds.